The van der Waals surface area contributed by atoms with Gasteiger partial charge in [-0.3, -0.25) is 5.32 Å². The molecule has 0 saturated carbocycles. The van der Waals surface area contributed by atoms with Gasteiger partial charge in [0.1, 0.15) is 0 Å². The number of amides is 1. The van der Waals surface area contributed by atoms with E-state index < -0.39 is 6.09 Å². The molecule has 0 aromatic heterocycles. The van der Waals surface area contributed by atoms with E-state index in [-0.39, 0.29) is 5.54 Å². The van der Waals surface area contributed by atoms with Crippen LogP contribution in [0.2, 0.25) is 0 Å². The van der Waals surface area contributed by atoms with Gasteiger partial charge in [0.05, 0.1) is 7.11 Å². The lowest BCUT2D eigenvalue weighted by molar-refractivity contribution is 0.187. The Balaban J connectivity index is 2.42. The molecule has 0 spiro atoms. The van der Waals surface area contributed by atoms with Gasteiger partial charge in [-0.2, -0.15) is 0 Å². The van der Waals surface area contributed by atoms with Crippen LogP contribution in [0, 0.1) is 0 Å². The van der Waals surface area contributed by atoms with E-state index in [0.29, 0.717) is 5.69 Å². The van der Waals surface area contributed by atoms with E-state index in [1.807, 2.05) is 24.3 Å². The van der Waals surface area contributed by atoms with Crippen LogP contribution in [0.5, 0.6) is 0 Å². The zero-order valence-corrected chi connectivity index (χ0v) is 12.0. The van der Waals surface area contributed by atoms with Crippen molar-refractivity contribution in [2.45, 2.75) is 26.3 Å². The van der Waals surface area contributed by atoms with Gasteiger partial charge in [0, 0.05) is 30.0 Å². The molecule has 5 heteroatoms. The molecule has 1 aromatic carbocycles. The highest BCUT2D eigenvalue weighted by molar-refractivity contribution is 5.85. The third kappa shape index (κ3) is 6.67. The Kier molecular flexibility index (Phi) is 5.63. The summed E-state index contributed by atoms with van der Waals surface area (Å²) in [5, 5.41) is 9.32. The van der Waals surface area contributed by atoms with Crippen LogP contribution in [0.3, 0.4) is 0 Å². The van der Waals surface area contributed by atoms with Gasteiger partial charge in [-0.25, -0.2) is 4.79 Å². The normalized spacial score (nSPS) is 10.9. The topological polar surface area (TPSA) is 62.4 Å². The van der Waals surface area contributed by atoms with E-state index in [1.165, 1.54) is 7.11 Å². The van der Waals surface area contributed by atoms with Crippen LogP contribution in [-0.4, -0.2) is 31.8 Å². The second kappa shape index (κ2) is 6.99. The molecule has 0 atom stereocenters. The van der Waals surface area contributed by atoms with Crippen LogP contribution in [0.25, 0.3) is 0 Å². The van der Waals surface area contributed by atoms with E-state index in [2.05, 4.69) is 41.5 Å². The molecular weight excluding hydrogens is 242 g/mol. The van der Waals surface area contributed by atoms with E-state index in [4.69, 9.17) is 0 Å². The first-order valence-corrected chi connectivity index (χ1v) is 6.34. The minimum atomic E-state index is -0.466. The van der Waals surface area contributed by atoms with Crippen LogP contribution >= 0.6 is 0 Å². The van der Waals surface area contributed by atoms with Gasteiger partial charge in [-0.05, 0) is 39.0 Å². The standard InChI is InChI=1S/C14H23N3O2/c1-14(2,3)16-9-8-15-11-6-5-7-12(10-11)17-13(18)19-4/h5-7,10,15-16H,8-9H2,1-4H3,(H,17,18). The summed E-state index contributed by atoms with van der Waals surface area (Å²) in [6.45, 7) is 8.09. The lowest BCUT2D eigenvalue weighted by Gasteiger charge is -2.20. The zero-order valence-electron chi connectivity index (χ0n) is 12.0. The molecule has 0 saturated heterocycles. The summed E-state index contributed by atoms with van der Waals surface area (Å²) < 4.78 is 4.55. The number of ether oxygens (including phenoxy) is 1. The molecule has 0 aliphatic carbocycles. The van der Waals surface area contributed by atoms with Gasteiger partial charge in [0.25, 0.3) is 0 Å². The average Bonchev–Trinajstić information content (AvgIpc) is 2.34. The summed E-state index contributed by atoms with van der Waals surface area (Å²) in [7, 11) is 1.34. The summed E-state index contributed by atoms with van der Waals surface area (Å²) in [6, 6.07) is 7.52. The van der Waals surface area contributed by atoms with Crippen LogP contribution in [0.4, 0.5) is 16.2 Å². The quantitative estimate of drug-likeness (QED) is 0.716. The maximum atomic E-state index is 11.1. The molecule has 1 rings (SSSR count). The number of hydrogen-bond acceptors (Lipinski definition) is 4. The smallest absolute Gasteiger partial charge is 0.411 e. The molecule has 3 N–H and O–H groups in total. The van der Waals surface area contributed by atoms with Crippen molar-refractivity contribution in [2.24, 2.45) is 0 Å². The van der Waals surface area contributed by atoms with Crippen LogP contribution in [0.15, 0.2) is 24.3 Å². The maximum Gasteiger partial charge on any atom is 0.411 e. The van der Waals surface area contributed by atoms with E-state index in [9.17, 15) is 4.79 Å². The highest BCUT2D eigenvalue weighted by atomic mass is 16.5. The van der Waals surface area contributed by atoms with Crippen molar-refractivity contribution in [1.82, 2.24) is 5.32 Å². The first-order valence-electron chi connectivity index (χ1n) is 6.34. The SMILES string of the molecule is COC(=O)Nc1cccc(NCCNC(C)(C)C)c1. The molecule has 0 heterocycles. The molecule has 106 valence electrons. The molecule has 1 amide bonds. The van der Waals surface area contributed by atoms with Gasteiger partial charge < -0.3 is 15.4 Å². The summed E-state index contributed by atoms with van der Waals surface area (Å²) >= 11 is 0. The van der Waals surface area contributed by atoms with E-state index in [1.54, 1.807) is 0 Å². The van der Waals surface area contributed by atoms with Crippen LogP contribution in [0.1, 0.15) is 20.8 Å². The number of carbonyl (C=O) groups excluding carboxylic acids is 1. The predicted molar refractivity (Wildman–Crippen MR) is 78.7 cm³/mol. The number of benzene rings is 1. The molecule has 0 fully saturated rings. The van der Waals surface area contributed by atoms with Crippen LogP contribution < -0.4 is 16.0 Å². The number of rotatable bonds is 5. The van der Waals surface area contributed by atoms with Gasteiger partial charge in [0.2, 0.25) is 0 Å². The van der Waals surface area contributed by atoms with E-state index >= 15 is 0 Å². The van der Waals surface area contributed by atoms with Crippen molar-refractivity contribution in [3.05, 3.63) is 24.3 Å². The largest absolute Gasteiger partial charge is 0.453 e. The predicted octanol–water partition coefficient (Wildman–Crippen LogP) is 2.66. The summed E-state index contributed by atoms with van der Waals surface area (Å²) in [6.07, 6.45) is -0.466. The van der Waals surface area contributed by atoms with Crippen molar-refractivity contribution in [3.63, 3.8) is 0 Å². The van der Waals surface area contributed by atoms with Crippen molar-refractivity contribution in [2.75, 3.05) is 30.8 Å². The fourth-order valence-corrected chi connectivity index (χ4v) is 1.52. The van der Waals surface area contributed by atoms with Gasteiger partial charge in [0.15, 0.2) is 0 Å². The Bertz CT molecular complexity index is 413. The number of anilines is 2. The highest BCUT2D eigenvalue weighted by Gasteiger charge is 2.07. The van der Waals surface area contributed by atoms with Crippen molar-refractivity contribution >= 4 is 17.5 Å². The minimum absolute atomic E-state index is 0.121. The lowest BCUT2D eigenvalue weighted by atomic mass is 10.1. The lowest BCUT2D eigenvalue weighted by Crippen LogP contribution is -2.38. The van der Waals surface area contributed by atoms with Gasteiger partial charge >= 0.3 is 6.09 Å². The average molecular weight is 265 g/mol. The van der Waals surface area contributed by atoms with Crippen molar-refractivity contribution < 1.29 is 9.53 Å². The Labute approximate surface area is 114 Å². The van der Waals surface area contributed by atoms with Crippen LogP contribution in [-0.2, 0) is 4.74 Å². The Morgan fingerprint density at radius 2 is 1.89 bits per heavy atom. The summed E-state index contributed by atoms with van der Waals surface area (Å²) in [4.78, 5) is 11.1. The Hall–Kier alpha value is -1.75. The van der Waals surface area contributed by atoms with Gasteiger partial charge in [-0.1, -0.05) is 6.07 Å². The summed E-state index contributed by atoms with van der Waals surface area (Å²) in [5.74, 6) is 0. The first kappa shape index (κ1) is 15.3. The third-order valence-electron chi connectivity index (χ3n) is 2.40. The second-order valence-electron chi connectivity index (χ2n) is 5.30. The number of nitrogens with one attached hydrogen (secondary N) is 3. The van der Waals surface area contributed by atoms with E-state index in [0.717, 1.165) is 18.8 Å². The summed E-state index contributed by atoms with van der Waals surface area (Å²) in [5.41, 5.74) is 1.79. The fraction of sp³-hybridized carbons (Fsp3) is 0.500. The zero-order chi connectivity index (χ0) is 14.3. The molecule has 1 aromatic rings. The monoisotopic (exact) mass is 265 g/mol. The molecule has 0 aliphatic rings. The maximum absolute atomic E-state index is 11.1. The molecule has 19 heavy (non-hydrogen) atoms. The molecule has 5 nitrogen and oxygen atoms in total. The fourth-order valence-electron chi connectivity index (χ4n) is 1.52. The first-order chi connectivity index (χ1) is 8.90. The molecule has 0 bridgehead atoms. The molecule has 0 unspecified atom stereocenters. The molecule has 0 radical (unpaired) electrons. The highest BCUT2D eigenvalue weighted by Crippen LogP contribution is 2.14. The van der Waals surface area contributed by atoms with Crippen molar-refractivity contribution in [3.8, 4) is 0 Å². The minimum Gasteiger partial charge on any atom is -0.453 e. The number of carbonyl (C=O) groups is 1. The Morgan fingerprint density at radius 3 is 2.53 bits per heavy atom. The number of methoxy groups -OCH3 is 1. The Morgan fingerprint density at radius 1 is 1.21 bits per heavy atom. The van der Waals surface area contributed by atoms with Crippen molar-refractivity contribution in [1.29, 1.82) is 0 Å². The van der Waals surface area contributed by atoms with Gasteiger partial charge in [-0.15, -0.1) is 0 Å². The molecule has 0 aliphatic heterocycles. The molecular formula is C14H23N3O2. The third-order valence-corrected chi connectivity index (χ3v) is 2.40. The second-order valence-corrected chi connectivity index (χ2v) is 5.30. The number of hydrogen-bond donors (Lipinski definition) is 3.